The first-order valence-electron chi connectivity index (χ1n) is 6.20. The van der Waals surface area contributed by atoms with Crippen molar-refractivity contribution in [2.24, 2.45) is 7.05 Å². The van der Waals surface area contributed by atoms with E-state index in [4.69, 9.17) is 0 Å². The number of benzene rings is 1. The molecule has 0 spiro atoms. The molecule has 1 atom stereocenters. The summed E-state index contributed by atoms with van der Waals surface area (Å²) in [4.78, 5) is 35.3. The fraction of sp³-hybridized carbons (Fsp3) is 0.308. The van der Waals surface area contributed by atoms with Gasteiger partial charge in [0.15, 0.2) is 0 Å². The zero-order valence-electron chi connectivity index (χ0n) is 10.7. The van der Waals surface area contributed by atoms with Crippen LogP contribution < -0.4 is 11.0 Å². The van der Waals surface area contributed by atoms with Crippen LogP contribution in [0.4, 0.5) is 4.39 Å². The number of rotatable bonds is 1. The molecule has 1 N–H and O–H groups in total. The SMILES string of the molecule is Cn1c(=O)n(C2CCC(=O)NC2=O)c2cccc(F)c21. The molecule has 3 rings (SSSR count). The molecule has 20 heavy (non-hydrogen) atoms. The van der Waals surface area contributed by atoms with Gasteiger partial charge < -0.3 is 0 Å². The van der Waals surface area contributed by atoms with Gasteiger partial charge in [-0.25, -0.2) is 9.18 Å². The Balaban J connectivity index is 2.25. The second-order valence-corrected chi connectivity index (χ2v) is 4.79. The third kappa shape index (κ3) is 1.66. The molecule has 0 bridgehead atoms. The number of fused-ring (bicyclic) bond motifs is 1. The summed E-state index contributed by atoms with van der Waals surface area (Å²) < 4.78 is 16.3. The number of carbonyl (C=O) groups excluding carboxylic acids is 2. The Kier molecular flexibility index (Phi) is 2.70. The molecule has 0 radical (unpaired) electrons. The molecule has 1 aliphatic rings. The monoisotopic (exact) mass is 277 g/mol. The van der Waals surface area contributed by atoms with Gasteiger partial charge in [-0.2, -0.15) is 0 Å². The molecule has 7 heteroatoms. The average molecular weight is 277 g/mol. The molecule has 1 aromatic heterocycles. The highest BCUT2D eigenvalue weighted by Gasteiger charge is 2.31. The number of imide groups is 1. The summed E-state index contributed by atoms with van der Waals surface area (Å²) in [5.74, 6) is -1.40. The molecule has 0 saturated carbocycles. The maximum atomic E-state index is 13.8. The number of piperidine rings is 1. The summed E-state index contributed by atoms with van der Waals surface area (Å²) in [5.41, 5.74) is 0.0359. The number of aromatic nitrogens is 2. The standard InChI is InChI=1S/C13H12FN3O3/c1-16-11-7(14)3-2-4-8(11)17(13(16)20)9-5-6-10(18)15-12(9)19/h2-4,9H,5-6H2,1H3,(H,15,18,19). The van der Waals surface area contributed by atoms with E-state index in [1.165, 1.54) is 28.3 Å². The van der Waals surface area contributed by atoms with Crippen LogP contribution in [0, 0.1) is 5.82 Å². The molecular formula is C13H12FN3O3. The first-order valence-corrected chi connectivity index (χ1v) is 6.20. The Morgan fingerprint density at radius 1 is 1.30 bits per heavy atom. The minimum atomic E-state index is -0.786. The van der Waals surface area contributed by atoms with Crippen LogP contribution in [0.5, 0.6) is 0 Å². The predicted octanol–water partition coefficient (Wildman–Crippen LogP) is 0.457. The summed E-state index contributed by atoms with van der Waals surface area (Å²) >= 11 is 0. The van der Waals surface area contributed by atoms with E-state index in [-0.39, 0.29) is 24.3 Å². The zero-order valence-corrected chi connectivity index (χ0v) is 10.7. The molecule has 2 heterocycles. The Morgan fingerprint density at radius 3 is 2.75 bits per heavy atom. The van der Waals surface area contributed by atoms with Gasteiger partial charge in [-0.15, -0.1) is 0 Å². The van der Waals surface area contributed by atoms with E-state index in [1.807, 2.05) is 0 Å². The molecule has 2 aromatic rings. The van der Waals surface area contributed by atoms with Crippen LogP contribution in [0.2, 0.25) is 0 Å². The fourth-order valence-corrected chi connectivity index (χ4v) is 2.62. The van der Waals surface area contributed by atoms with Crippen molar-refractivity contribution in [3.8, 4) is 0 Å². The van der Waals surface area contributed by atoms with Crippen molar-refractivity contribution in [2.75, 3.05) is 0 Å². The van der Waals surface area contributed by atoms with Gasteiger partial charge in [0, 0.05) is 13.5 Å². The molecule has 104 valence electrons. The Morgan fingerprint density at radius 2 is 2.05 bits per heavy atom. The van der Waals surface area contributed by atoms with Gasteiger partial charge in [0.1, 0.15) is 17.4 Å². The molecule has 0 aliphatic carbocycles. The highest BCUT2D eigenvalue weighted by Crippen LogP contribution is 2.24. The van der Waals surface area contributed by atoms with Crippen LogP contribution in [0.25, 0.3) is 11.0 Å². The molecule has 6 nitrogen and oxygen atoms in total. The fourth-order valence-electron chi connectivity index (χ4n) is 2.62. The van der Waals surface area contributed by atoms with E-state index >= 15 is 0 Å². The number of halogens is 1. The van der Waals surface area contributed by atoms with Crippen molar-refractivity contribution in [2.45, 2.75) is 18.9 Å². The molecule has 1 aromatic carbocycles. The number of nitrogens with one attached hydrogen (secondary N) is 1. The average Bonchev–Trinajstić information content (AvgIpc) is 2.64. The number of imidazole rings is 1. The molecule has 1 aliphatic heterocycles. The zero-order chi connectivity index (χ0) is 14.4. The van der Waals surface area contributed by atoms with E-state index in [0.717, 1.165) is 0 Å². The van der Waals surface area contributed by atoms with Gasteiger partial charge in [-0.05, 0) is 18.6 Å². The van der Waals surface area contributed by atoms with E-state index < -0.39 is 23.5 Å². The Bertz CT molecular complexity index is 790. The molecule has 1 saturated heterocycles. The molecule has 1 fully saturated rings. The van der Waals surface area contributed by atoms with Gasteiger partial charge in [0.05, 0.1) is 5.52 Å². The second-order valence-electron chi connectivity index (χ2n) is 4.79. The van der Waals surface area contributed by atoms with E-state index in [2.05, 4.69) is 5.32 Å². The Hall–Kier alpha value is -2.44. The lowest BCUT2D eigenvalue weighted by Gasteiger charge is -2.21. The minimum absolute atomic E-state index is 0.155. The number of hydrogen-bond donors (Lipinski definition) is 1. The lowest BCUT2D eigenvalue weighted by molar-refractivity contribution is -0.135. The lowest BCUT2D eigenvalue weighted by Crippen LogP contribution is -2.44. The third-order valence-corrected chi connectivity index (χ3v) is 3.58. The van der Waals surface area contributed by atoms with E-state index in [0.29, 0.717) is 5.52 Å². The smallest absolute Gasteiger partial charge is 0.295 e. The number of hydrogen-bond acceptors (Lipinski definition) is 3. The summed E-state index contributed by atoms with van der Waals surface area (Å²) in [7, 11) is 1.45. The molecule has 2 amide bonds. The normalized spacial score (nSPS) is 19.4. The van der Waals surface area contributed by atoms with Crippen molar-refractivity contribution in [1.29, 1.82) is 0 Å². The summed E-state index contributed by atoms with van der Waals surface area (Å²) in [6.07, 6.45) is 0.398. The Labute approximate surface area is 112 Å². The predicted molar refractivity (Wildman–Crippen MR) is 68.6 cm³/mol. The largest absolute Gasteiger partial charge is 0.329 e. The van der Waals surface area contributed by atoms with Gasteiger partial charge in [-0.1, -0.05) is 6.07 Å². The minimum Gasteiger partial charge on any atom is -0.295 e. The third-order valence-electron chi connectivity index (χ3n) is 3.58. The van der Waals surface area contributed by atoms with Crippen LogP contribution >= 0.6 is 0 Å². The van der Waals surface area contributed by atoms with E-state index in [1.54, 1.807) is 6.07 Å². The van der Waals surface area contributed by atoms with Crippen molar-refractivity contribution < 1.29 is 14.0 Å². The molecule has 1 unspecified atom stereocenters. The topological polar surface area (TPSA) is 73.1 Å². The number of aryl methyl sites for hydroxylation is 1. The lowest BCUT2D eigenvalue weighted by atomic mass is 10.1. The van der Waals surface area contributed by atoms with Gasteiger partial charge in [-0.3, -0.25) is 24.0 Å². The van der Waals surface area contributed by atoms with Crippen LogP contribution in [-0.4, -0.2) is 20.9 Å². The number of amides is 2. The van der Waals surface area contributed by atoms with Gasteiger partial charge >= 0.3 is 5.69 Å². The van der Waals surface area contributed by atoms with Crippen molar-refractivity contribution >= 4 is 22.8 Å². The van der Waals surface area contributed by atoms with Crippen molar-refractivity contribution in [3.63, 3.8) is 0 Å². The maximum absolute atomic E-state index is 13.8. The van der Waals surface area contributed by atoms with Crippen LogP contribution in [0.15, 0.2) is 23.0 Å². The number of para-hydroxylation sites is 1. The maximum Gasteiger partial charge on any atom is 0.329 e. The van der Waals surface area contributed by atoms with Crippen LogP contribution in [0.3, 0.4) is 0 Å². The first kappa shape index (κ1) is 12.6. The highest BCUT2D eigenvalue weighted by molar-refractivity contribution is 6.00. The molecular weight excluding hydrogens is 265 g/mol. The number of nitrogens with zero attached hydrogens (tertiary/aromatic N) is 2. The van der Waals surface area contributed by atoms with Gasteiger partial charge in [0.25, 0.3) is 0 Å². The van der Waals surface area contributed by atoms with E-state index in [9.17, 15) is 18.8 Å². The van der Waals surface area contributed by atoms with Gasteiger partial charge in [0.2, 0.25) is 11.8 Å². The van der Waals surface area contributed by atoms with Crippen LogP contribution in [-0.2, 0) is 16.6 Å². The second kappa shape index (κ2) is 4.29. The van der Waals surface area contributed by atoms with Crippen molar-refractivity contribution in [3.05, 3.63) is 34.5 Å². The quantitative estimate of drug-likeness (QED) is 0.769. The highest BCUT2D eigenvalue weighted by atomic mass is 19.1. The van der Waals surface area contributed by atoms with Crippen LogP contribution in [0.1, 0.15) is 18.9 Å². The summed E-state index contributed by atoms with van der Waals surface area (Å²) in [6, 6.07) is 3.55. The van der Waals surface area contributed by atoms with Crippen molar-refractivity contribution in [1.82, 2.24) is 14.5 Å². The summed E-state index contributed by atoms with van der Waals surface area (Å²) in [6.45, 7) is 0. The number of carbonyl (C=O) groups is 2. The summed E-state index contributed by atoms with van der Waals surface area (Å²) in [5, 5.41) is 2.20. The first-order chi connectivity index (χ1) is 9.50.